The summed E-state index contributed by atoms with van der Waals surface area (Å²) in [4.78, 5) is 0. The van der Waals surface area contributed by atoms with Crippen LogP contribution in [0.5, 0.6) is 5.75 Å². The molecule has 1 heterocycles. The molecular weight excluding hydrogens is 204 g/mol. The van der Waals surface area contributed by atoms with Crippen LogP contribution in [0.15, 0.2) is 42.7 Å². The molecule has 0 bridgehead atoms. The maximum absolute atomic E-state index is 5.58. The van der Waals surface area contributed by atoms with Gasteiger partial charge in [-0.3, -0.25) is 0 Å². The fourth-order valence-corrected chi connectivity index (χ4v) is 1.36. The lowest BCUT2D eigenvalue weighted by Crippen LogP contribution is -1.99. The van der Waals surface area contributed by atoms with Gasteiger partial charge in [0.2, 0.25) is 0 Å². The maximum Gasteiger partial charge on any atom is 0.157 e. The van der Waals surface area contributed by atoms with Gasteiger partial charge in [0.25, 0.3) is 0 Å². The minimum absolute atomic E-state index is 0.439. The second-order valence-corrected chi connectivity index (χ2v) is 3.41. The highest BCUT2D eigenvalue weighted by Gasteiger charge is 1.99. The number of hydrogen-bond acceptors (Lipinski definition) is 3. The van der Waals surface area contributed by atoms with Crippen LogP contribution in [-0.4, -0.2) is 16.9 Å². The Morgan fingerprint density at radius 2 is 2.06 bits per heavy atom. The van der Waals surface area contributed by atoms with Gasteiger partial charge in [0.05, 0.1) is 12.4 Å². The average Bonchev–Trinajstić information content (AvgIpc) is 2.76. The van der Waals surface area contributed by atoms with Crippen LogP contribution < -0.4 is 4.74 Å². The van der Waals surface area contributed by atoms with E-state index in [-0.39, 0.29) is 0 Å². The molecule has 1 aromatic heterocycles. The smallest absolute Gasteiger partial charge is 0.157 e. The topological polar surface area (TPSA) is 36.3 Å². The van der Waals surface area contributed by atoms with Crippen molar-refractivity contribution in [2.75, 3.05) is 7.11 Å². The van der Waals surface area contributed by atoms with Crippen molar-refractivity contribution in [3.05, 3.63) is 48.3 Å². The monoisotopic (exact) mass is 218 g/mol. The van der Waals surface area contributed by atoms with Gasteiger partial charge < -0.3 is 9.47 Å². The van der Waals surface area contributed by atoms with Crippen LogP contribution in [0.2, 0.25) is 0 Å². The van der Waals surface area contributed by atoms with Crippen molar-refractivity contribution in [3.8, 4) is 5.75 Å². The molecule has 0 fully saturated rings. The summed E-state index contributed by atoms with van der Waals surface area (Å²) in [7, 11) is 1.63. The van der Waals surface area contributed by atoms with E-state index in [4.69, 9.17) is 9.47 Å². The van der Waals surface area contributed by atoms with E-state index in [1.54, 1.807) is 18.0 Å². The Bertz CT molecular complexity index is 426. The zero-order valence-electron chi connectivity index (χ0n) is 9.17. The largest absolute Gasteiger partial charge is 0.486 e. The summed E-state index contributed by atoms with van der Waals surface area (Å²) in [6.07, 6.45) is 3.49. The van der Waals surface area contributed by atoms with Crippen LogP contribution in [0.1, 0.15) is 5.56 Å². The molecule has 0 amide bonds. The summed E-state index contributed by atoms with van der Waals surface area (Å²) in [5, 5.41) is 4.08. The summed E-state index contributed by atoms with van der Waals surface area (Å²) < 4.78 is 12.2. The first kappa shape index (κ1) is 10.7. The highest BCUT2D eigenvalue weighted by atomic mass is 16.5. The Morgan fingerprint density at radius 1 is 1.25 bits per heavy atom. The maximum atomic E-state index is 5.58. The van der Waals surface area contributed by atoms with Crippen molar-refractivity contribution in [2.45, 2.75) is 13.3 Å². The SMILES string of the molecule is COCn1cc(OCc2ccccc2)cn1. The first-order valence-corrected chi connectivity index (χ1v) is 5.06. The van der Waals surface area contributed by atoms with Gasteiger partial charge in [0.15, 0.2) is 5.75 Å². The Hall–Kier alpha value is -1.81. The lowest BCUT2D eigenvalue weighted by molar-refractivity contribution is 0.120. The van der Waals surface area contributed by atoms with Crippen molar-refractivity contribution < 1.29 is 9.47 Å². The van der Waals surface area contributed by atoms with E-state index in [1.165, 1.54) is 0 Å². The number of hydrogen-bond donors (Lipinski definition) is 0. The molecule has 2 rings (SSSR count). The number of ether oxygens (including phenoxy) is 2. The van der Waals surface area contributed by atoms with Crippen molar-refractivity contribution in [1.29, 1.82) is 0 Å². The van der Waals surface area contributed by atoms with Gasteiger partial charge in [-0.2, -0.15) is 5.10 Å². The standard InChI is InChI=1S/C12H14N2O2/c1-15-10-14-8-12(7-13-14)16-9-11-5-3-2-4-6-11/h2-8H,9-10H2,1H3. The Kier molecular flexibility index (Phi) is 3.56. The summed E-state index contributed by atoms with van der Waals surface area (Å²) in [5.74, 6) is 0.751. The van der Waals surface area contributed by atoms with E-state index in [0.717, 1.165) is 11.3 Å². The van der Waals surface area contributed by atoms with Gasteiger partial charge in [-0.05, 0) is 5.56 Å². The minimum Gasteiger partial charge on any atom is -0.486 e. The van der Waals surface area contributed by atoms with Crippen LogP contribution in [0.25, 0.3) is 0 Å². The zero-order chi connectivity index (χ0) is 11.2. The summed E-state index contributed by atoms with van der Waals surface area (Å²) in [5.41, 5.74) is 1.14. The molecule has 0 saturated carbocycles. The number of rotatable bonds is 5. The second kappa shape index (κ2) is 5.32. The van der Waals surface area contributed by atoms with Gasteiger partial charge in [-0.15, -0.1) is 0 Å². The van der Waals surface area contributed by atoms with Gasteiger partial charge in [-0.25, -0.2) is 4.68 Å². The molecule has 0 N–H and O–H groups in total. The normalized spacial score (nSPS) is 10.3. The Labute approximate surface area is 94.4 Å². The summed E-state index contributed by atoms with van der Waals surface area (Å²) in [6, 6.07) is 10.0. The van der Waals surface area contributed by atoms with E-state index in [9.17, 15) is 0 Å². The zero-order valence-corrected chi connectivity index (χ0v) is 9.17. The molecular formula is C12H14N2O2. The number of aromatic nitrogens is 2. The van der Waals surface area contributed by atoms with Crippen LogP contribution in [-0.2, 0) is 18.1 Å². The third kappa shape index (κ3) is 2.84. The van der Waals surface area contributed by atoms with E-state index < -0.39 is 0 Å². The van der Waals surface area contributed by atoms with Crippen LogP contribution in [0.3, 0.4) is 0 Å². The number of methoxy groups -OCH3 is 1. The third-order valence-electron chi connectivity index (χ3n) is 2.12. The molecule has 4 nitrogen and oxygen atoms in total. The molecule has 0 aliphatic heterocycles. The van der Waals surface area contributed by atoms with Crippen molar-refractivity contribution in [1.82, 2.24) is 9.78 Å². The predicted octanol–water partition coefficient (Wildman–Crippen LogP) is 2.07. The molecule has 0 aliphatic carbocycles. The molecule has 84 valence electrons. The minimum atomic E-state index is 0.439. The van der Waals surface area contributed by atoms with Crippen LogP contribution in [0.4, 0.5) is 0 Å². The average molecular weight is 218 g/mol. The van der Waals surface area contributed by atoms with Crippen molar-refractivity contribution in [3.63, 3.8) is 0 Å². The van der Waals surface area contributed by atoms with E-state index >= 15 is 0 Å². The van der Waals surface area contributed by atoms with Gasteiger partial charge in [0, 0.05) is 7.11 Å². The molecule has 0 saturated heterocycles. The lowest BCUT2D eigenvalue weighted by atomic mass is 10.2. The first-order valence-electron chi connectivity index (χ1n) is 5.06. The molecule has 4 heteroatoms. The van der Waals surface area contributed by atoms with Crippen LogP contribution >= 0.6 is 0 Å². The second-order valence-electron chi connectivity index (χ2n) is 3.41. The molecule has 2 aromatic rings. The summed E-state index contributed by atoms with van der Waals surface area (Å²) >= 11 is 0. The quantitative estimate of drug-likeness (QED) is 0.770. The van der Waals surface area contributed by atoms with Gasteiger partial charge in [-0.1, -0.05) is 30.3 Å². The third-order valence-corrected chi connectivity index (χ3v) is 2.12. The van der Waals surface area contributed by atoms with Gasteiger partial charge >= 0.3 is 0 Å². The van der Waals surface area contributed by atoms with Crippen molar-refractivity contribution in [2.24, 2.45) is 0 Å². The van der Waals surface area contributed by atoms with Crippen LogP contribution in [0, 0.1) is 0 Å². The highest BCUT2D eigenvalue weighted by Crippen LogP contribution is 2.11. The number of nitrogens with zero attached hydrogens (tertiary/aromatic N) is 2. The molecule has 1 aromatic carbocycles. The Morgan fingerprint density at radius 3 is 2.81 bits per heavy atom. The predicted molar refractivity (Wildman–Crippen MR) is 60.0 cm³/mol. The molecule has 0 radical (unpaired) electrons. The molecule has 0 unspecified atom stereocenters. The van der Waals surface area contributed by atoms with Gasteiger partial charge in [0.1, 0.15) is 13.3 Å². The van der Waals surface area contributed by atoms with E-state index in [0.29, 0.717) is 13.3 Å². The lowest BCUT2D eigenvalue weighted by Gasteiger charge is -2.02. The molecule has 0 spiro atoms. The summed E-state index contributed by atoms with van der Waals surface area (Å²) in [6.45, 7) is 0.994. The Balaban J connectivity index is 1.89. The molecule has 0 atom stereocenters. The van der Waals surface area contributed by atoms with Crippen molar-refractivity contribution >= 4 is 0 Å². The van der Waals surface area contributed by atoms with E-state index in [1.807, 2.05) is 36.5 Å². The first-order chi connectivity index (χ1) is 7.88. The van der Waals surface area contributed by atoms with E-state index in [2.05, 4.69) is 5.10 Å². The fraction of sp³-hybridized carbons (Fsp3) is 0.250. The molecule has 0 aliphatic rings. The highest BCUT2D eigenvalue weighted by molar-refractivity contribution is 5.16. The number of benzene rings is 1. The molecule has 16 heavy (non-hydrogen) atoms. The fourth-order valence-electron chi connectivity index (χ4n) is 1.36.